The molecule has 0 radical (unpaired) electrons. The van der Waals surface area contributed by atoms with E-state index in [4.69, 9.17) is 9.40 Å². The van der Waals surface area contributed by atoms with Crippen molar-refractivity contribution in [2.24, 2.45) is 0 Å². The quantitative estimate of drug-likeness (QED) is 0.427. The topological polar surface area (TPSA) is 48.6 Å². The molecule has 2 aliphatic heterocycles. The summed E-state index contributed by atoms with van der Waals surface area (Å²) in [5, 5.41) is 3.43. The molecule has 0 fully saturated rings. The maximum Gasteiger partial charge on any atom is 0.315 e. The van der Waals surface area contributed by atoms with Gasteiger partial charge in [-0.25, -0.2) is 9.97 Å². The Labute approximate surface area is 187 Å². The van der Waals surface area contributed by atoms with Gasteiger partial charge < -0.3 is 14.2 Å². The summed E-state index contributed by atoms with van der Waals surface area (Å²) in [6, 6.07) is 18.8. The Morgan fingerprint density at radius 1 is 1.00 bits per heavy atom. The molecular weight excluding hydrogens is 397 g/mol. The molecule has 0 saturated heterocycles. The van der Waals surface area contributed by atoms with E-state index in [0.29, 0.717) is 5.71 Å². The van der Waals surface area contributed by atoms with Crippen molar-refractivity contribution in [2.75, 3.05) is 9.91 Å². The van der Waals surface area contributed by atoms with E-state index in [1.165, 1.54) is 5.46 Å². The van der Waals surface area contributed by atoms with Crippen LogP contribution in [0.25, 0.3) is 17.2 Å². The zero-order valence-corrected chi connectivity index (χ0v) is 18.6. The Kier molecular flexibility index (Phi) is 4.09. The van der Waals surface area contributed by atoms with Gasteiger partial charge in [-0.2, -0.15) is 0 Å². The fourth-order valence-electron chi connectivity index (χ4n) is 5.15. The second kappa shape index (κ2) is 6.89. The van der Waals surface area contributed by atoms with Crippen LogP contribution in [0.3, 0.4) is 0 Å². The summed E-state index contributed by atoms with van der Waals surface area (Å²) in [6.45, 7) is 8.66. The highest BCUT2D eigenvalue weighted by Crippen LogP contribution is 2.44. The molecule has 1 aromatic carbocycles. The monoisotopic (exact) mass is 421 g/mol. The molecule has 0 spiro atoms. The fraction of sp³-hybridized carbons (Fsp3) is 0.200. The van der Waals surface area contributed by atoms with E-state index >= 15 is 0 Å². The molecule has 3 aromatic heterocycles. The van der Waals surface area contributed by atoms with E-state index in [0.717, 1.165) is 39.7 Å². The molecule has 6 nitrogen and oxygen atoms in total. The van der Waals surface area contributed by atoms with Crippen molar-refractivity contribution in [3.63, 3.8) is 0 Å². The van der Waals surface area contributed by atoms with Crippen molar-refractivity contribution in [3.05, 3.63) is 77.9 Å². The Morgan fingerprint density at radius 2 is 1.81 bits per heavy atom. The number of pyridine rings is 2. The normalized spacial score (nSPS) is 17.6. The second-order valence-corrected chi connectivity index (χ2v) is 8.52. The van der Waals surface area contributed by atoms with Gasteiger partial charge in [-0.1, -0.05) is 25.0 Å². The third kappa shape index (κ3) is 2.60. The minimum atomic E-state index is 0.0492. The zero-order valence-electron chi connectivity index (χ0n) is 18.6. The van der Waals surface area contributed by atoms with Crippen LogP contribution in [-0.2, 0) is 0 Å². The number of nitrogens with zero attached hydrogens (tertiary/aromatic N) is 5. The number of anilines is 3. The van der Waals surface area contributed by atoms with Crippen molar-refractivity contribution in [1.82, 2.24) is 14.9 Å². The van der Waals surface area contributed by atoms with Crippen LogP contribution in [0, 0.1) is 6.92 Å². The third-order valence-electron chi connectivity index (χ3n) is 6.48. The molecule has 32 heavy (non-hydrogen) atoms. The van der Waals surface area contributed by atoms with Crippen LogP contribution in [0.4, 0.5) is 17.2 Å². The molecule has 0 saturated carbocycles. The van der Waals surface area contributed by atoms with E-state index in [9.17, 15) is 0 Å². The Bertz CT molecular complexity index is 1370. The fourth-order valence-corrected chi connectivity index (χ4v) is 5.15. The first-order valence-electron chi connectivity index (χ1n) is 11.0. The number of benzene rings is 1. The molecule has 0 aliphatic carbocycles. The van der Waals surface area contributed by atoms with Crippen LogP contribution in [0.2, 0.25) is 6.82 Å². The summed E-state index contributed by atoms with van der Waals surface area (Å²) < 4.78 is 6.15. The van der Waals surface area contributed by atoms with Crippen molar-refractivity contribution in [3.8, 4) is 0 Å². The Balaban J connectivity index is 1.49. The average molecular weight is 421 g/mol. The summed E-state index contributed by atoms with van der Waals surface area (Å²) in [5.41, 5.74) is 6.18. The van der Waals surface area contributed by atoms with E-state index in [1.54, 1.807) is 0 Å². The number of hydrazine groups is 1. The first-order chi connectivity index (χ1) is 15.5. The van der Waals surface area contributed by atoms with Gasteiger partial charge in [-0.15, -0.1) is 0 Å². The SMILES string of the molecule is CB1c2c(oc3nc(C)ccc23)C=C(C)N1N1c2cccnc2N(c2ccccc2)[C@@H]1C. The predicted octanol–water partition coefficient (Wildman–Crippen LogP) is 4.96. The average Bonchev–Trinajstić information content (AvgIpc) is 3.28. The molecule has 4 aromatic rings. The number of furan rings is 1. The molecule has 1 atom stereocenters. The van der Waals surface area contributed by atoms with E-state index in [-0.39, 0.29) is 13.0 Å². The number of aromatic nitrogens is 2. The number of rotatable bonds is 2. The second-order valence-electron chi connectivity index (χ2n) is 8.52. The number of fused-ring (bicyclic) bond motifs is 4. The smallest absolute Gasteiger partial charge is 0.315 e. The number of allylic oxidation sites excluding steroid dienone is 1. The van der Waals surface area contributed by atoms with Crippen LogP contribution in [0.15, 0.2) is 70.9 Å². The molecular formula is C25H24BN5O. The minimum absolute atomic E-state index is 0.0492. The van der Waals surface area contributed by atoms with E-state index in [2.05, 4.69) is 89.0 Å². The highest BCUT2D eigenvalue weighted by atomic mass is 16.3. The summed E-state index contributed by atoms with van der Waals surface area (Å²) in [7, 11) is 0. The lowest BCUT2D eigenvalue weighted by Gasteiger charge is -2.44. The molecule has 158 valence electrons. The third-order valence-corrected chi connectivity index (χ3v) is 6.48. The lowest BCUT2D eigenvalue weighted by atomic mass is 9.55. The summed E-state index contributed by atoms with van der Waals surface area (Å²) >= 11 is 0. The predicted molar refractivity (Wildman–Crippen MR) is 130 cm³/mol. The first kappa shape index (κ1) is 19.0. The van der Waals surface area contributed by atoms with Crippen LogP contribution < -0.4 is 15.4 Å². The zero-order chi connectivity index (χ0) is 22.0. The summed E-state index contributed by atoms with van der Waals surface area (Å²) in [4.78, 5) is 14.0. The highest BCUT2D eigenvalue weighted by molar-refractivity contribution is 6.73. The van der Waals surface area contributed by atoms with Gasteiger partial charge in [0.1, 0.15) is 17.6 Å². The molecule has 0 bridgehead atoms. The van der Waals surface area contributed by atoms with Crippen molar-refractivity contribution < 1.29 is 4.42 Å². The highest BCUT2D eigenvalue weighted by Gasteiger charge is 2.43. The van der Waals surface area contributed by atoms with Crippen LogP contribution >= 0.6 is 0 Å². The molecule has 0 N–H and O–H groups in total. The Hall–Kier alpha value is -3.74. The van der Waals surface area contributed by atoms with Gasteiger partial charge >= 0.3 is 6.85 Å². The number of para-hydroxylation sites is 1. The van der Waals surface area contributed by atoms with Crippen molar-refractivity contribution in [1.29, 1.82) is 0 Å². The van der Waals surface area contributed by atoms with E-state index < -0.39 is 0 Å². The molecule has 7 heteroatoms. The van der Waals surface area contributed by atoms with Gasteiger partial charge in [0.25, 0.3) is 0 Å². The summed E-state index contributed by atoms with van der Waals surface area (Å²) in [6.07, 6.45) is 4.04. The number of hydrogen-bond acceptors (Lipinski definition) is 6. The summed E-state index contributed by atoms with van der Waals surface area (Å²) in [5.74, 6) is 1.86. The molecule has 0 amide bonds. The maximum absolute atomic E-state index is 6.15. The van der Waals surface area contributed by atoms with Gasteiger partial charge in [-0.05, 0) is 63.2 Å². The lowest BCUT2D eigenvalue weighted by Crippen LogP contribution is -2.59. The largest absolute Gasteiger partial charge is 0.439 e. The van der Waals surface area contributed by atoms with Crippen LogP contribution in [0.1, 0.15) is 25.3 Å². The van der Waals surface area contributed by atoms with Crippen LogP contribution in [-0.4, -0.2) is 27.9 Å². The number of aryl methyl sites for hydroxylation is 1. The van der Waals surface area contributed by atoms with Gasteiger partial charge in [0.05, 0.1) is 0 Å². The van der Waals surface area contributed by atoms with Crippen molar-refractivity contribution >= 4 is 46.7 Å². The Morgan fingerprint density at radius 3 is 2.62 bits per heavy atom. The van der Waals surface area contributed by atoms with Gasteiger partial charge in [0.2, 0.25) is 5.71 Å². The maximum atomic E-state index is 6.15. The van der Waals surface area contributed by atoms with Gasteiger partial charge in [0.15, 0.2) is 5.82 Å². The molecule has 5 heterocycles. The molecule has 6 rings (SSSR count). The van der Waals surface area contributed by atoms with Gasteiger partial charge in [-0.3, -0.25) is 5.01 Å². The minimum Gasteiger partial charge on any atom is -0.439 e. The lowest BCUT2D eigenvalue weighted by molar-refractivity contribution is 0.442. The standard InChI is InChI=1S/C25H24BN5O/c1-16-12-13-20-23-22(32-25(20)28-16)15-17(2)31(26(23)4)30-18(3)29(19-9-6-5-7-10-19)24-21(30)11-8-14-27-24/h5-15,18H,1-4H3/t18-/m0/s1. The van der Waals surface area contributed by atoms with E-state index in [1.807, 2.05) is 25.3 Å². The molecule has 0 unspecified atom stereocenters. The molecule has 2 aliphatic rings. The van der Waals surface area contributed by atoms with Gasteiger partial charge in [0, 0.05) is 34.1 Å². The number of hydrogen-bond donors (Lipinski definition) is 0. The van der Waals surface area contributed by atoms with Crippen LogP contribution in [0.5, 0.6) is 0 Å². The van der Waals surface area contributed by atoms with Crippen molar-refractivity contribution in [2.45, 2.75) is 33.8 Å². The first-order valence-corrected chi connectivity index (χ1v) is 11.0.